The lowest BCUT2D eigenvalue weighted by Gasteiger charge is -2.06. The molecule has 3 N–H and O–H groups in total. The van der Waals surface area contributed by atoms with Crippen LogP contribution in [-0.2, 0) is 0 Å². The van der Waals surface area contributed by atoms with E-state index in [2.05, 4.69) is 68.4 Å². The molecule has 0 spiro atoms. The molecule has 0 saturated heterocycles. The minimum atomic E-state index is 0.0693. The van der Waals surface area contributed by atoms with E-state index in [1.54, 1.807) is 6.07 Å². The van der Waals surface area contributed by atoms with E-state index >= 15 is 0 Å². The summed E-state index contributed by atoms with van der Waals surface area (Å²) in [4.78, 5) is 1.07. The van der Waals surface area contributed by atoms with Gasteiger partial charge in [0.05, 0.1) is 15.2 Å². The standard InChI is InChI=1S/C8H5Br3N6O/c9-4-1-5(10)7(18)6(11)3(4)2-13-17-8(12)14-15-16-17/h1-2,18H,(H2,12,14,16)/b13-2-. The van der Waals surface area contributed by atoms with Crippen LogP contribution in [0.1, 0.15) is 5.56 Å². The molecule has 7 nitrogen and oxygen atoms in total. The van der Waals surface area contributed by atoms with Crippen molar-refractivity contribution in [2.24, 2.45) is 5.10 Å². The van der Waals surface area contributed by atoms with Crippen LogP contribution in [0.15, 0.2) is 24.6 Å². The van der Waals surface area contributed by atoms with E-state index in [1.807, 2.05) is 0 Å². The van der Waals surface area contributed by atoms with Crippen molar-refractivity contribution in [2.75, 3.05) is 5.73 Å². The molecule has 0 atom stereocenters. The third-order valence-corrected chi connectivity index (χ3v) is 4.02. The highest BCUT2D eigenvalue weighted by Crippen LogP contribution is 2.38. The van der Waals surface area contributed by atoms with Gasteiger partial charge < -0.3 is 10.8 Å². The number of anilines is 1. The van der Waals surface area contributed by atoms with Gasteiger partial charge in [0.25, 0.3) is 5.95 Å². The Bertz CT molecular complexity index is 626. The molecule has 0 aliphatic heterocycles. The summed E-state index contributed by atoms with van der Waals surface area (Å²) in [6.45, 7) is 0. The van der Waals surface area contributed by atoms with E-state index in [0.717, 1.165) is 9.26 Å². The number of hydrogen-bond donors (Lipinski definition) is 2. The van der Waals surface area contributed by atoms with Crippen molar-refractivity contribution < 1.29 is 5.11 Å². The molecule has 0 radical (unpaired) electrons. The third kappa shape index (κ3) is 2.54. The van der Waals surface area contributed by atoms with Crippen LogP contribution in [-0.4, -0.2) is 31.6 Å². The van der Waals surface area contributed by atoms with Crippen molar-refractivity contribution in [2.45, 2.75) is 0 Å². The highest BCUT2D eigenvalue weighted by Gasteiger charge is 2.12. The van der Waals surface area contributed by atoms with E-state index in [1.165, 1.54) is 6.21 Å². The Morgan fingerprint density at radius 1 is 1.33 bits per heavy atom. The largest absolute Gasteiger partial charge is 0.506 e. The number of aromatic nitrogens is 4. The number of tetrazole rings is 1. The average molecular weight is 441 g/mol. The van der Waals surface area contributed by atoms with Crippen molar-refractivity contribution in [1.82, 2.24) is 20.3 Å². The van der Waals surface area contributed by atoms with Crippen LogP contribution in [0.2, 0.25) is 0 Å². The number of nitrogens with two attached hydrogens (primary N) is 1. The molecule has 0 aliphatic rings. The molecule has 0 unspecified atom stereocenters. The molecule has 94 valence electrons. The summed E-state index contributed by atoms with van der Waals surface area (Å²) in [5.74, 6) is 0.143. The van der Waals surface area contributed by atoms with E-state index in [0.29, 0.717) is 14.5 Å². The molecule has 0 saturated carbocycles. The van der Waals surface area contributed by atoms with Gasteiger partial charge in [-0.25, -0.2) is 0 Å². The van der Waals surface area contributed by atoms with E-state index < -0.39 is 0 Å². The highest BCUT2D eigenvalue weighted by molar-refractivity contribution is 9.11. The Labute approximate surface area is 126 Å². The first-order valence-corrected chi connectivity index (χ1v) is 6.83. The highest BCUT2D eigenvalue weighted by atomic mass is 79.9. The van der Waals surface area contributed by atoms with E-state index in [9.17, 15) is 5.11 Å². The van der Waals surface area contributed by atoms with Crippen LogP contribution in [0.5, 0.6) is 5.75 Å². The van der Waals surface area contributed by atoms with Gasteiger partial charge in [-0.05, 0) is 48.4 Å². The Balaban J connectivity index is 2.44. The number of halogens is 3. The molecular formula is C8H5Br3N6O. The number of nitrogen functional groups attached to an aromatic ring is 1. The molecule has 1 aromatic heterocycles. The summed E-state index contributed by atoms with van der Waals surface area (Å²) in [7, 11) is 0. The van der Waals surface area contributed by atoms with Gasteiger partial charge in [-0.1, -0.05) is 25.8 Å². The van der Waals surface area contributed by atoms with Crippen molar-refractivity contribution >= 4 is 60.0 Å². The topological polar surface area (TPSA) is 102 Å². The number of nitrogens with zero attached hydrogens (tertiary/aromatic N) is 5. The average Bonchev–Trinajstić information content (AvgIpc) is 2.72. The normalized spacial score (nSPS) is 11.3. The fraction of sp³-hybridized carbons (Fsp3) is 0. The summed E-state index contributed by atoms with van der Waals surface area (Å²) in [5.41, 5.74) is 6.10. The molecule has 0 amide bonds. The fourth-order valence-electron chi connectivity index (χ4n) is 1.10. The number of phenolic OH excluding ortho intramolecular Hbond substituents is 1. The smallest absolute Gasteiger partial charge is 0.263 e. The fourth-order valence-corrected chi connectivity index (χ4v) is 3.42. The molecule has 10 heteroatoms. The monoisotopic (exact) mass is 438 g/mol. The van der Waals surface area contributed by atoms with Gasteiger partial charge in [0.1, 0.15) is 5.75 Å². The number of benzene rings is 1. The van der Waals surface area contributed by atoms with Crippen LogP contribution in [0.25, 0.3) is 0 Å². The van der Waals surface area contributed by atoms with Gasteiger partial charge in [-0.2, -0.15) is 5.10 Å². The van der Waals surface area contributed by atoms with Crippen molar-refractivity contribution in [3.63, 3.8) is 0 Å². The lowest BCUT2D eigenvalue weighted by atomic mass is 10.2. The first-order chi connectivity index (χ1) is 8.50. The number of rotatable bonds is 2. The first-order valence-electron chi connectivity index (χ1n) is 4.45. The number of hydrogen-bond acceptors (Lipinski definition) is 6. The molecule has 0 fully saturated rings. The molecule has 18 heavy (non-hydrogen) atoms. The molecule has 1 heterocycles. The van der Waals surface area contributed by atoms with Gasteiger partial charge in [0.15, 0.2) is 0 Å². The predicted molar refractivity (Wildman–Crippen MR) is 76.4 cm³/mol. The summed E-state index contributed by atoms with van der Waals surface area (Å²) in [6.07, 6.45) is 1.47. The zero-order valence-corrected chi connectivity index (χ0v) is 13.3. The zero-order chi connectivity index (χ0) is 13.3. The van der Waals surface area contributed by atoms with E-state index in [4.69, 9.17) is 5.73 Å². The zero-order valence-electron chi connectivity index (χ0n) is 8.55. The third-order valence-electron chi connectivity index (χ3n) is 1.95. The summed E-state index contributed by atoms with van der Waals surface area (Å²) >= 11 is 9.85. The van der Waals surface area contributed by atoms with Gasteiger partial charge in [-0.3, -0.25) is 0 Å². The van der Waals surface area contributed by atoms with Crippen LogP contribution in [0, 0.1) is 0 Å². The van der Waals surface area contributed by atoms with Gasteiger partial charge in [0.2, 0.25) is 0 Å². The second-order valence-corrected chi connectivity index (χ2v) is 5.59. The van der Waals surface area contributed by atoms with Gasteiger partial charge in [-0.15, -0.1) is 0 Å². The van der Waals surface area contributed by atoms with Gasteiger partial charge >= 0.3 is 0 Å². The molecule has 2 aromatic rings. The molecule has 2 rings (SSSR count). The lowest BCUT2D eigenvalue weighted by Crippen LogP contribution is -2.00. The maximum absolute atomic E-state index is 9.78. The SMILES string of the molecule is Nc1nnnn1/N=C\c1c(Br)cc(Br)c(O)c1Br. The molecule has 0 aliphatic carbocycles. The van der Waals surface area contributed by atoms with E-state index in [-0.39, 0.29) is 11.7 Å². The Morgan fingerprint density at radius 3 is 2.67 bits per heavy atom. The quantitative estimate of drug-likeness (QED) is 0.696. The first kappa shape index (κ1) is 13.4. The minimum absolute atomic E-state index is 0.0693. The number of aromatic hydroxyl groups is 1. The Hall–Kier alpha value is -1.000. The maximum atomic E-state index is 9.78. The van der Waals surface area contributed by atoms with Crippen molar-refractivity contribution in [3.8, 4) is 5.75 Å². The predicted octanol–water partition coefficient (Wildman–Crippen LogP) is 2.13. The summed E-state index contributed by atoms with van der Waals surface area (Å²) in [6, 6.07) is 1.70. The van der Waals surface area contributed by atoms with Crippen LogP contribution in [0.4, 0.5) is 5.95 Å². The second-order valence-electron chi connectivity index (χ2n) is 3.09. The van der Waals surface area contributed by atoms with Gasteiger partial charge in [0, 0.05) is 10.0 Å². The Kier molecular flexibility index (Phi) is 3.97. The minimum Gasteiger partial charge on any atom is -0.506 e. The van der Waals surface area contributed by atoms with Crippen molar-refractivity contribution in [1.29, 1.82) is 0 Å². The number of phenols is 1. The van der Waals surface area contributed by atoms with Crippen LogP contribution < -0.4 is 5.73 Å². The second kappa shape index (κ2) is 5.33. The summed E-state index contributed by atoms with van der Waals surface area (Å²) in [5, 5.41) is 24.2. The summed E-state index contributed by atoms with van der Waals surface area (Å²) < 4.78 is 1.77. The lowest BCUT2D eigenvalue weighted by molar-refractivity contribution is 0.468. The van der Waals surface area contributed by atoms with Crippen LogP contribution in [0.3, 0.4) is 0 Å². The molecular weight excluding hydrogens is 436 g/mol. The molecule has 1 aromatic carbocycles. The van der Waals surface area contributed by atoms with Crippen LogP contribution >= 0.6 is 47.8 Å². The maximum Gasteiger partial charge on any atom is 0.263 e. The Morgan fingerprint density at radius 2 is 2.06 bits per heavy atom. The van der Waals surface area contributed by atoms with Crippen molar-refractivity contribution in [3.05, 3.63) is 25.0 Å². The molecule has 0 bridgehead atoms.